The molecule has 7 heteroatoms. The lowest BCUT2D eigenvalue weighted by atomic mass is 10.1. The van der Waals surface area contributed by atoms with E-state index in [4.69, 9.17) is 9.15 Å². The molecule has 0 radical (unpaired) electrons. The van der Waals surface area contributed by atoms with Crippen molar-refractivity contribution in [1.82, 2.24) is 15.1 Å². The van der Waals surface area contributed by atoms with E-state index in [0.29, 0.717) is 18.8 Å². The van der Waals surface area contributed by atoms with Crippen LogP contribution < -0.4 is 5.32 Å². The number of nitrogens with zero attached hydrogens (tertiary/aromatic N) is 3. The van der Waals surface area contributed by atoms with E-state index < -0.39 is 0 Å². The SMILES string of the molecule is CN=C(NCCC1=CCOCC1)N1CCN(C(=O)c2ccco2)CC1. The molecule has 0 spiro atoms. The number of hydrogen-bond donors (Lipinski definition) is 1. The standard InChI is InChI=1S/C18H26N4O3/c1-19-18(20-7-4-15-5-13-24-14-6-15)22-10-8-21(9-11-22)17(23)16-3-2-12-25-16/h2-3,5,12H,4,6-11,13-14H2,1H3,(H,19,20). The van der Waals surface area contributed by atoms with Gasteiger partial charge in [0, 0.05) is 39.8 Å². The van der Waals surface area contributed by atoms with Crippen LogP contribution in [0.2, 0.25) is 0 Å². The maximum absolute atomic E-state index is 12.3. The van der Waals surface area contributed by atoms with Crippen LogP contribution in [-0.4, -0.2) is 74.7 Å². The maximum Gasteiger partial charge on any atom is 0.289 e. The Morgan fingerprint density at radius 1 is 1.28 bits per heavy atom. The minimum atomic E-state index is -0.0425. The number of ether oxygens (including phenoxy) is 1. The van der Waals surface area contributed by atoms with Crippen LogP contribution in [0.15, 0.2) is 39.5 Å². The second-order valence-electron chi connectivity index (χ2n) is 6.17. The molecule has 1 fully saturated rings. The summed E-state index contributed by atoms with van der Waals surface area (Å²) in [6.45, 7) is 5.29. The topological polar surface area (TPSA) is 70.3 Å². The van der Waals surface area contributed by atoms with Crippen LogP contribution in [0.4, 0.5) is 0 Å². The number of carbonyl (C=O) groups is 1. The number of guanidine groups is 1. The summed E-state index contributed by atoms with van der Waals surface area (Å²) < 4.78 is 10.5. The zero-order valence-electron chi connectivity index (χ0n) is 14.7. The van der Waals surface area contributed by atoms with Crippen molar-refractivity contribution in [3.63, 3.8) is 0 Å². The van der Waals surface area contributed by atoms with E-state index in [1.54, 1.807) is 19.2 Å². The molecule has 1 saturated heterocycles. The number of carbonyl (C=O) groups excluding carboxylic acids is 1. The maximum atomic E-state index is 12.3. The summed E-state index contributed by atoms with van der Waals surface area (Å²) in [5.74, 6) is 1.26. The van der Waals surface area contributed by atoms with Gasteiger partial charge in [-0.05, 0) is 25.0 Å². The van der Waals surface area contributed by atoms with Crippen LogP contribution in [0.1, 0.15) is 23.4 Å². The van der Waals surface area contributed by atoms with E-state index in [2.05, 4.69) is 21.3 Å². The predicted octanol–water partition coefficient (Wildman–Crippen LogP) is 1.35. The van der Waals surface area contributed by atoms with E-state index >= 15 is 0 Å². The molecule has 7 nitrogen and oxygen atoms in total. The number of aliphatic imine (C=N–C) groups is 1. The van der Waals surface area contributed by atoms with Crippen molar-refractivity contribution in [3.8, 4) is 0 Å². The van der Waals surface area contributed by atoms with E-state index in [1.807, 2.05) is 4.90 Å². The molecule has 1 N–H and O–H groups in total. The Kier molecular flexibility index (Phi) is 6.11. The zero-order valence-corrected chi connectivity index (χ0v) is 14.7. The molecule has 3 rings (SSSR count). The molecule has 1 amide bonds. The second-order valence-corrected chi connectivity index (χ2v) is 6.17. The van der Waals surface area contributed by atoms with Crippen molar-refractivity contribution in [2.75, 3.05) is 53.0 Å². The van der Waals surface area contributed by atoms with Gasteiger partial charge in [-0.25, -0.2) is 0 Å². The largest absolute Gasteiger partial charge is 0.459 e. The van der Waals surface area contributed by atoms with Crippen molar-refractivity contribution in [2.45, 2.75) is 12.8 Å². The van der Waals surface area contributed by atoms with Crippen LogP contribution in [0.3, 0.4) is 0 Å². The Labute approximate surface area is 148 Å². The molecule has 0 saturated carbocycles. The highest BCUT2D eigenvalue weighted by atomic mass is 16.5. The summed E-state index contributed by atoms with van der Waals surface area (Å²) in [6.07, 6.45) is 5.74. The van der Waals surface area contributed by atoms with Gasteiger partial charge >= 0.3 is 0 Å². The molecule has 0 atom stereocenters. The van der Waals surface area contributed by atoms with Crippen molar-refractivity contribution < 1.29 is 13.9 Å². The fourth-order valence-electron chi connectivity index (χ4n) is 3.14. The van der Waals surface area contributed by atoms with Gasteiger partial charge in [-0.3, -0.25) is 9.79 Å². The molecule has 1 aromatic rings. The average Bonchev–Trinajstić information content (AvgIpc) is 3.20. The highest BCUT2D eigenvalue weighted by Gasteiger charge is 2.25. The summed E-state index contributed by atoms with van der Waals surface area (Å²) >= 11 is 0. The minimum Gasteiger partial charge on any atom is -0.459 e. The predicted molar refractivity (Wildman–Crippen MR) is 95.7 cm³/mol. The van der Waals surface area contributed by atoms with Crippen molar-refractivity contribution in [3.05, 3.63) is 35.8 Å². The van der Waals surface area contributed by atoms with Gasteiger partial charge in [0.2, 0.25) is 0 Å². The van der Waals surface area contributed by atoms with Crippen molar-refractivity contribution in [2.24, 2.45) is 4.99 Å². The molecule has 0 unspecified atom stereocenters. The first-order chi connectivity index (χ1) is 12.3. The van der Waals surface area contributed by atoms with Gasteiger partial charge in [0.15, 0.2) is 11.7 Å². The van der Waals surface area contributed by atoms with E-state index in [1.165, 1.54) is 11.8 Å². The summed E-state index contributed by atoms with van der Waals surface area (Å²) in [4.78, 5) is 20.7. The van der Waals surface area contributed by atoms with Crippen LogP contribution in [0, 0.1) is 0 Å². The number of hydrogen-bond acceptors (Lipinski definition) is 4. The Balaban J connectivity index is 1.44. The number of nitrogens with one attached hydrogen (secondary N) is 1. The number of rotatable bonds is 4. The lowest BCUT2D eigenvalue weighted by Crippen LogP contribution is -2.53. The van der Waals surface area contributed by atoms with Gasteiger partial charge in [0.25, 0.3) is 5.91 Å². The van der Waals surface area contributed by atoms with Gasteiger partial charge in [0.1, 0.15) is 0 Å². The molecular formula is C18H26N4O3. The molecule has 2 aliphatic rings. The van der Waals surface area contributed by atoms with E-state index in [-0.39, 0.29) is 5.91 Å². The number of amides is 1. The monoisotopic (exact) mass is 346 g/mol. The lowest BCUT2D eigenvalue weighted by Gasteiger charge is -2.36. The molecule has 1 aromatic heterocycles. The van der Waals surface area contributed by atoms with Gasteiger partial charge in [-0.2, -0.15) is 0 Å². The third-order valence-corrected chi connectivity index (χ3v) is 4.60. The first-order valence-corrected chi connectivity index (χ1v) is 8.82. The van der Waals surface area contributed by atoms with Crippen LogP contribution >= 0.6 is 0 Å². The minimum absolute atomic E-state index is 0.0425. The van der Waals surface area contributed by atoms with Gasteiger partial charge in [0.05, 0.1) is 19.5 Å². The van der Waals surface area contributed by atoms with E-state index in [9.17, 15) is 4.79 Å². The Morgan fingerprint density at radius 3 is 2.72 bits per heavy atom. The van der Waals surface area contributed by atoms with Crippen molar-refractivity contribution in [1.29, 1.82) is 0 Å². The number of furan rings is 1. The summed E-state index contributed by atoms with van der Waals surface area (Å²) in [5, 5.41) is 3.43. The van der Waals surface area contributed by atoms with Crippen molar-refractivity contribution >= 4 is 11.9 Å². The Hall–Kier alpha value is -2.28. The third-order valence-electron chi connectivity index (χ3n) is 4.60. The molecule has 2 aliphatic heterocycles. The molecule has 0 aromatic carbocycles. The van der Waals surface area contributed by atoms with Gasteiger partial charge in [-0.1, -0.05) is 11.6 Å². The smallest absolute Gasteiger partial charge is 0.289 e. The molecule has 0 aliphatic carbocycles. The van der Waals surface area contributed by atoms with Gasteiger partial charge < -0.3 is 24.3 Å². The fraction of sp³-hybridized carbons (Fsp3) is 0.556. The van der Waals surface area contributed by atoms with Gasteiger partial charge in [-0.15, -0.1) is 0 Å². The highest BCUT2D eigenvalue weighted by Crippen LogP contribution is 2.12. The number of piperazine rings is 1. The third kappa shape index (κ3) is 4.63. The fourth-order valence-corrected chi connectivity index (χ4v) is 3.14. The average molecular weight is 346 g/mol. The first kappa shape index (κ1) is 17.5. The lowest BCUT2D eigenvalue weighted by molar-refractivity contribution is 0.0657. The Bertz CT molecular complexity index is 616. The molecule has 136 valence electrons. The summed E-state index contributed by atoms with van der Waals surface area (Å²) in [7, 11) is 1.80. The molecule has 3 heterocycles. The molecular weight excluding hydrogens is 320 g/mol. The normalized spacial score (nSPS) is 18.9. The van der Waals surface area contributed by atoms with Crippen LogP contribution in [-0.2, 0) is 4.74 Å². The zero-order chi connectivity index (χ0) is 17.5. The highest BCUT2D eigenvalue weighted by molar-refractivity contribution is 5.91. The summed E-state index contributed by atoms with van der Waals surface area (Å²) in [5.41, 5.74) is 1.45. The van der Waals surface area contributed by atoms with Crippen LogP contribution in [0.5, 0.6) is 0 Å². The molecule has 0 bridgehead atoms. The van der Waals surface area contributed by atoms with Crippen LogP contribution in [0.25, 0.3) is 0 Å². The first-order valence-electron chi connectivity index (χ1n) is 8.82. The van der Waals surface area contributed by atoms with E-state index in [0.717, 1.165) is 51.6 Å². The summed E-state index contributed by atoms with van der Waals surface area (Å²) in [6, 6.07) is 3.45. The molecule has 25 heavy (non-hydrogen) atoms. The second kappa shape index (κ2) is 8.71. The quantitative estimate of drug-likeness (QED) is 0.506. The Morgan fingerprint density at radius 2 is 2.08 bits per heavy atom.